The van der Waals surface area contributed by atoms with E-state index in [0.29, 0.717) is 6.04 Å². The Morgan fingerprint density at radius 2 is 1.86 bits per heavy atom. The van der Waals surface area contributed by atoms with Crippen molar-refractivity contribution in [3.63, 3.8) is 0 Å². The molecule has 0 amide bonds. The zero-order chi connectivity index (χ0) is 14.4. The smallest absolute Gasteiger partial charge is 0.0345 e. The minimum Gasteiger partial charge on any atom is -0.302 e. The normalized spacial score (nSPS) is 20.8. The molecule has 1 unspecified atom stereocenters. The lowest BCUT2D eigenvalue weighted by atomic mass is 9.77. The van der Waals surface area contributed by atoms with Crippen LogP contribution in [0.5, 0.6) is 0 Å². The molecule has 0 spiro atoms. The number of allylic oxidation sites excluding steroid dienone is 2. The molecule has 0 bridgehead atoms. The summed E-state index contributed by atoms with van der Waals surface area (Å²) in [5, 5.41) is 2.80. The number of likely N-dealkylation sites (N-methyl/N-ethyl adjacent to an activating group) is 1. The van der Waals surface area contributed by atoms with E-state index in [2.05, 4.69) is 67.5 Å². The van der Waals surface area contributed by atoms with Crippen molar-refractivity contribution in [3.05, 3.63) is 65.3 Å². The van der Waals surface area contributed by atoms with Gasteiger partial charge in [-0.05, 0) is 66.4 Å². The molecule has 4 rings (SSSR count). The summed E-state index contributed by atoms with van der Waals surface area (Å²) in [5.41, 5.74) is 6.10. The Labute approximate surface area is 126 Å². The Bertz CT molecular complexity index is 765. The van der Waals surface area contributed by atoms with E-state index in [1.807, 2.05) is 0 Å². The predicted molar refractivity (Wildman–Crippen MR) is 90.4 cm³/mol. The van der Waals surface area contributed by atoms with Crippen LogP contribution in [0.4, 0.5) is 0 Å². The van der Waals surface area contributed by atoms with Crippen LogP contribution in [0.25, 0.3) is 16.3 Å². The third-order valence-electron chi connectivity index (χ3n) is 4.99. The van der Waals surface area contributed by atoms with Gasteiger partial charge in [0.25, 0.3) is 0 Å². The Balaban J connectivity index is 1.94. The van der Waals surface area contributed by atoms with Crippen molar-refractivity contribution in [3.8, 4) is 0 Å². The maximum Gasteiger partial charge on any atom is 0.0345 e. The van der Waals surface area contributed by atoms with Crippen molar-refractivity contribution in [2.45, 2.75) is 25.3 Å². The highest BCUT2D eigenvalue weighted by Gasteiger charge is 2.27. The van der Waals surface area contributed by atoms with Crippen molar-refractivity contribution in [1.82, 2.24) is 4.90 Å². The fourth-order valence-electron chi connectivity index (χ4n) is 3.95. The van der Waals surface area contributed by atoms with Crippen LogP contribution in [-0.2, 0) is 6.42 Å². The first-order chi connectivity index (χ1) is 10.3. The highest BCUT2D eigenvalue weighted by Crippen LogP contribution is 2.40. The summed E-state index contributed by atoms with van der Waals surface area (Å²) in [4.78, 5) is 2.37. The van der Waals surface area contributed by atoms with Crippen LogP contribution in [0.15, 0.2) is 54.1 Å². The van der Waals surface area contributed by atoms with Gasteiger partial charge in [0.15, 0.2) is 0 Å². The molecule has 1 atom stereocenters. The number of hydrogen-bond donors (Lipinski definition) is 0. The molecule has 2 aliphatic rings. The maximum absolute atomic E-state index is 2.37. The molecular weight excluding hydrogens is 254 g/mol. The van der Waals surface area contributed by atoms with Crippen LogP contribution < -0.4 is 0 Å². The van der Waals surface area contributed by atoms with Gasteiger partial charge in [0, 0.05) is 6.04 Å². The Hall–Kier alpha value is -1.86. The van der Waals surface area contributed by atoms with Crippen LogP contribution in [-0.4, -0.2) is 25.0 Å². The second-order valence-electron chi connectivity index (χ2n) is 6.37. The molecule has 1 heteroatoms. The Kier molecular flexibility index (Phi) is 2.97. The van der Waals surface area contributed by atoms with Gasteiger partial charge in [0.1, 0.15) is 0 Å². The van der Waals surface area contributed by atoms with Gasteiger partial charge in [0.05, 0.1) is 0 Å². The summed E-state index contributed by atoms with van der Waals surface area (Å²) in [7, 11) is 4.40. The van der Waals surface area contributed by atoms with Crippen LogP contribution in [0.2, 0.25) is 0 Å². The molecule has 0 saturated heterocycles. The van der Waals surface area contributed by atoms with Crippen molar-refractivity contribution in [2.24, 2.45) is 0 Å². The van der Waals surface area contributed by atoms with Crippen LogP contribution in [0.1, 0.15) is 24.0 Å². The van der Waals surface area contributed by atoms with E-state index in [4.69, 9.17) is 0 Å². The number of benzene rings is 2. The van der Waals surface area contributed by atoms with Gasteiger partial charge in [0.2, 0.25) is 0 Å². The fourth-order valence-corrected chi connectivity index (χ4v) is 3.95. The first kappa shape index (κ1) is 12.8. The van der Waals surface area contributed by atoms with Crippen molar-refractivity contribution in [1.29, 1.82) is 0 Å². The highest BCUT2D eigenvalue weighted by molar-refractivity contribution is 5.94. The van der Waals surface area contributed by atoms with Crippen molar-refractivity contribution in [2.75, 3.05) is 14.1 Å². The second kappa shape index (κ2) is 4.85. The second-order valence-corrected chi connectivity index (χ2v) is 6.37. The predicted octanol–water partition coefficient (Wildman–Crippen LogP) is 4.43. The molecule has 0 aliphatic heterocycles. The SMILES string of the molecule is CN(C)C1CC=CC2=C1CCc1c2ccc2ccccc12. The third-order valence-corrected chi connectivity index (χ3v) is 4.99. The average molecular weight is 275 g/mol. The summed E-state index contributed by atoms with van der Waals surface area (Å²) in [6.45, 7) is 0. The van der Waals surface area contributed by atoms with E-state index < -0.39 is 0 Å². The average Bonchev–Trinajstić information content (AvgIpc) is 2.53. The molecule has 106 valence electrons. The molecule has 0 fully saturated rings. The number of nitrogens with zero attached hydrogens (tertiary/aromatic N) is 1. The largest absolute Gasteiger partial charge is 0.302 e. The summed E-state index contributed by atoms with van der Waals surface area (Å²) in [6, 6.07) is 14.0. The lowest BCUT2D eigenvalue weighted by molar-refractivity contribution is 0.324. The number of rotatable bonds is 1. The van der Waals surface area contributed by atoms with Gasteiger partial charge in [-0.25, -0.2) is 0 Å². The Morgan fingerprint density at radius 1 is 1.00 bits per heavy atom. The summed E-state index contributed by atoms with van der Waals surface area (Å²) in [5.74, 6) is 0. The van der Waals surface area contributed by atoms with Gasteiger partial charge in [-0.15, -0.1) is 0 Å². The molecular formula is C20H21N. The molecule has 0 aromatic heterocycles. The summed E-state index contributed by atoms with van der Waals surface area (Å²) in [6.07, 6.45) is 8.21. The number of hydrogen-bond acceptors (Lipinski definition) is 1. The summed E-state index contributed by atoms with van der Waals surface area (Å²) < 4.78 is 0. The van der Waals surface area contributed by atoms with E-state index in [9.17, 15) is 0 Å². The molecule has 0 heterocycles. The molecule has 2 aromatic carbocycles. The Morgan fingerprint density at radius 3 is 2.71 bits per heavy atom. The maximum atomic E-state index is 2.37. The first-order valence-corrected chi connectivity index (χ1v) is 7.82. The monoisotopic (exact) mass is 275 g/mol. The van der Waals surface area contributed by atoms with Crippen molar-refractivity contribution >= 4 is 16.3 Å². The quantitative estimate of drug-likeness (QED) is 0.744. The van der Waals surface area contributed by atoms with Gasteiger partial charge < -0.3 is 4.90 Å². The molecule has 0 saturated carbocycles. The minimum atomic E-state index is 0.574. The highest BCUT2D eigenvalue weighted by atomic mass is 15.1. The molecule has 2 aromatic rings. The molecule has 2 aliphatic carbocycles. The lowest BCUT2D eigenvalue weighted by Crippen LogP contribution is -2.32. The van der Waals surface area contributed by atoms with E-state index in [0.717, 1.165) is 6.42 Å². The standard InChI is InChI=1S/C20H21N/c1-21(2)20-9-5-8-16-18-11-10-14-6-3-4-7-15(14)17(18)12-13-19(16)20/h3-8,10-11,20H,9,12-13H2,1-2H3. The molecule has 0 radical (unpaired) electrons. The number of fused-ring (bicyclic) bond motifs is 4. The minimum absolute atomic E-state index is 0.574. The topological polar surface area (TPSA) is 3.24 Å². The molecule has 1 nitrogen and oxygen atoms in total. The first-order valence-electron chi connectivity index (χ1n) is 7.82. The summed E-state index contributed by atoms with van der Waals surface area (Å²) >= 11 is 0. The van der Waals surface area contributed by atoms with Crippen LogP contribution >= 0.6 is 0 Å². The third kappa shape index (κ3) is 1.96. The van der Waals surface area contributed by atoms with E-state index in [1.165, 1.54) is 40.3 Å². The van der Waals surface area contributed by atoms with E-state index in [1.54, 1.807) is 5.57 Å². The lowest BCUT2D eigenvalue weighted by Gasteiger charge is -2.34. The van der Waals surface area contributed by atoms with E-state index >= 15 is 0 Å². The number of aryl methyl sites for hydroxylation is 1. The fraction of sp³-hybridized carbons (Fsp3) is 0.300. The van der Waals surface area contributed by atoms with Crippen molar-refractivity contribution < 1.29 is 0 Å². The van der Waals surface area contributed by atoms with Gasteiger partial charge >= 0.3 is 0 Å². The zero-order valence-electron chi connectivity index (χ0n) is 12.8. The molecule has 21 heavy (non-hydrogen) atoms. The van der Waals surface area contributed by atoms with Gasteiger partial charge in [-0.2, -0.15) is 0 Å². The van der Waals surface area contributed by atoms with E-state index in [-0.39, 0.29) is 0 Å². The van der Waals surface area contributed by atoms with Gasteiger partial charge in [-0.1, -0.05) is 48.6 Å². The van der Waals surface area contributed by atoms with Crippen LogP contribution in [0, 0.1) is 0 Å². The zero-order valence-corrected chi connectivity index (χ0v) is 12.8. The van der Waals surface area contributed by atoms with Gasteiger partial charge in [-0.3, -0.25) is 0 Å². The molecule has 0 N–H and O–H groups in total. The van der Waals surface area contributed by atoms with Crippen LogP contribution in [0.3, 0.4) is 0 Å².